The Morgan fingerprint density at radius 2 is 2.00 bits per heavy atom. The number of amides is 5. The van der Waals surface area contributed by atoms with Crippen molar-refractivity contribution >= 4 is 29.4 Å². The van der Waals surface area contributed by atoms with Crippen molar-refractivity contribution < 1.29 is 23.9 Å². The Hall–Kier alpha value is -3.10. The minimum absolute atomic E-state index is 0.0307. The van der Waals surface area contributed by atoms with Crippen LogP contribution in [0.1, 0.15) is 20.3 Å². The fourth-order valence-corrected chi connectivity index (χ4v) is 3.13. The summed E-state index contributed by atoms with van der Waals surface area (Å²) < 4.78 is 5.67. The largest absolute Gasteiger partial charge is 0.477 e. The smallest absolute Gasteiger partial charge is 0.325 e. The van der Waals surface area contributed by atoms with Gasteiger partial charge in [0, 0.05) is 20.0 Å². The average molecular weight is 374 g/mol. The van der Waals surface area contributed by atoms with Gasteiger partial charge in [0.1, 0.15) is 11.3 Å². The molecule has 2 aliphatic heterocycles. The lowest BCUT2D eigenvalue weighted by Crippen LogP contribution is -2.50. The second-order valence-corrected chi connectivity index (χ2v) is 6.95. The number of para-hydroxylation sites is 2. The van der Waals surface area contributed by atoms with Crippen LogP contribution in [0.2, 0.25) is 0 Å². The van der Waals surface area contributed by atoms with Crippen molar-refractivity contribution in [2.24, 2.45) is 0 Å². The van der Waals surface area contributed by atoms with Crippen molar-refractivity contribution in [1.29, 1.82) is 0 Å². The Kier molecular flexibility index (Phi) is 4.77. The van der Waals surface area contributed by atoms with Gasteiger partial charge in [0.15, 0.2) is 6.10 Å². The zero-order valence-corrected chi connectivity index (χ0v) is 15.4. The number of nitrogens with one attached hydrogen (secondary N) is 2. The number of urea groups is 1. The van der Waals surface area contributed by atoms with Crippen LogP contribution in [0, 0.1) is 0 Å². The number of anilines is 1. The molecule has 0 aromatic heterocycles. The topological polar surface area (TPSA) is 108 Å². The summed E-state index contributed by atoms with van der Waals surface area (Å²) in [5.41, 5.74) is -0.420. The van der Waals surface area contributed by atoms with Crippen molar-refractivity contribution in [2.75, 3.05) is 25.0 Å². The van der Waals surface area contributed by atoms with E-state index in [1.807, 2.05) is 0 Å². The van der Waals surface area contributed by atoms with Gasteiger partial charge in [-0.25, -0.2) is 4.79 Å². The van der Waals surface area contributed by atoms with Gasteiger partial charge in [-0.05, 0) is 26.0 Å². The van der Waals surface area contributed by atoms with Crippen molar-refractivity contribution in [1.82, 2.24) is 15.5 Å². The summed E-state index contributed by atoms with van der Waals surface area (Å²) in [6, 6.07) is 6.42. The van der Waals surface area contributed by atoms with Gasteiger partial charge in [-0.1, -0.05) is 12.1 Å². The minimum atomic E-state index is -0.976. The van der Waals surface area contributed by atoms with Crippen molar-refractivity contribution in [3.8, 4) is 5.75 Å². The molecule has 1 fully saturated rings. The average Bonchev–Trinajstić information content (AvgIpc) is 2.85. The van der Waals surface area contributed by atoms with E-state index in [9.17, 15) is 19.2 Å². The number of carbonyl (C=O) groups excluding carboxylic acids is 4. The Bertz CT molecular complexity index is 807. The van der Waals surface area contributed by atoms with Gasteiger partial charge >= 0.3 is 6.03 Å². The van der Waals surface area contributed by atoms with E-state index in [0.717, 1.165) is 4.90 Å². The molecule has 9 heteroatoms. The van der Waals surface area contributed by atoms with Gasteiger partial charge in [0.2, 0.25) is 5.91 Å². The molecule has 3 rings (SSSR count). The zero-order valence-electron chi connectivity index (χ0n) is 15.4. The van der Waals surface area contributed by atoms with E-state index in [-0.39, 0.29) is 37.2 Å². The van der Waals surface area contributed by atoms with Gasteiger partial charge < -0.3 is 20.3 Å². The second kappa shape index (κ2) is 6.90. The number of fused-ring (bicyclic) bond motifs is 1. The molecule has 1 aromatic rings. The third-order valence-corrected chi connectivity index (χ3v) is 4.61. The highest BCUT2D eigenvalue weighted by Gasteiger charge is 2.44. The molecular weight excluding hydrogens is 352 g/mol. The van der Waals surface area contributed by atoms with Crippen LogP contribution in [-0.4, -0.2) is 60.4 Å². The molecular formula is C18H22N4O5. The van der Waals surface area contributed by atoms with Gasteiger partial charge in [0.05, 0.1) is 12.2 Å². The number of imide groups is 1. The molecule has 27 heavy (non-hydrogen) atoms. The lowest BCUT2D eigenvalue weighted by Gasteiger charge is -2.34. The van der Waals surface area contributed by atoms with E-state index < -0.39 is 17.7 Å². The maximum absolute atomic E-state index is 12.8. The van der Waals surface area contributed by atoms with Crippen LogP contribution < -0.4 is 20.3 Å². The normalized spacial score (nSPS) is 20.6. The van der Waals surface area contributed by atoms with Gasteiger partial charge in [-0.3, -0.25) is 19.3 Å². The van der Waals surface area contributed by atoms with Crippen molar-refractivity contribution in [2.45, 2.75) is 31.9 Å². The first-order chi connectivity index (χ1) is 12.7. The van der Waals surface area contributed by atoms with E-state index in [0.29, 0.717) is 11.4 Å². The number of hydrogen-bond donors (Lipinski definition) is 2. The van der Waals surface area contributed by atoms with Crippen LogP contribution in [0.3, 0.4) is 0 Å². The van der Waals surface area contributed by atoms with Crippen LogP contribution in [-0.2, 0) is 14.4 Å². The predicted molar refractivity (Wildman–Crippen MR) is 96.2 cm³/mol. The highest BCUT2D eigenvalue weighted by Crippen LogP contribution is 2.33. The van der Waals surface area contributed by atoms with Crippen LogP contribution in [0.5, 0.6) is 5.75 Å². The summed E-state index contributed by atoms with van der Waals surface area (Å²) in [7, 11) is 1.50. The van der Waals surface area contributed by atoms with Gasteiger partial charge in [-0.2, -0.15) is 0 Å². The Morgan fingerprint density at radius 1 is 1.30 bits per heavy atom. The standard InChI is InChI=1S/C18H22N4O5/c1-18(2)16(25)21(17(26)20-18)9-8-14(23)22-10-13(15(24)19-3)27-12-7-5-4-6-11(12)22/h4-7,13H,8-10H2,1-3H3,(H,19,24)(H,20,26)/t13-/m1/s1. The predicted octanol–water partition coefficient (Wildman–Crippen LogP) is 0.247. The second-order valence-electron chi connectivity index (χ2n) is 6.95. The van der Waals surface area contributed by atoms with Gasteiger partial charge in [-0.15, -0.1) is 0 Å². The number of benzene rings is 1. The van der Waals surface area contributed by atoms with Crippen LogP contribution in [0.15, 0.2) is 24.3 Å². The molecule has 2 heterocycles. The minimum Gasteiger partial charge on any atom is -0.477 e. The molecule has 1 saturated heterocycles. The first kappa shape index (κ1) is 18.7. The lowest BCUT2D eigenvalue weighted by molar-refractivity contribution is -0.130. The molecule has 1 atom stereocenters. The van der Waals surface area contributed by atoms with E-state index in [4.69, 9.17) is 4.74 Å². The first-order valence-electron chi connectivity index (χ1n) is 8.66. The summed E-state index contributed by atoms with van der Waals surface area (Å²) in [4.78, 5) is 51.5. The van der Waals surface area contributed by atoms with Gasteiger partial charge in [0.25, 0.3) is 11.8 Å². The first-order valence-corrected chi connectivity index (χ1v) is 8.66. The highest BCUT2D eigenvalue weighted by atomic mass is 16.5. The third-order valence-electron chi connectivity index (χ3n) is 4.61. The van der Waals surface area contributed by atoms with Crippen LogP contribution in [0.4, 0.5) is 10.5 Å². The fraction of sp³-hybridized carbons (Fsp3) is 0.444. The molecule has 0 spiro atoms. The van der Waals surface area contributed by atoms with Crippen molar-refractivity contribution in [3.63, 3.8) is 0 Å². The lowest BCUT2D eigenvalue weighted by atomic mass is 10.1. The molecule has 2 aliphatic rings. The molecule has 144 valence electrons. The highest BCUT2D eigenvalue weighted by molar-refractivity contribution is 6.07. The molecule has 9 nitrogen and oxygen atoms in total. The summed E-state index contributed by atoms with van der Waals surface area (Å²) in [6.45, 7) is 3.25. The maximum atomic E-state index is 12.8. The van der Waals surface area contributed by atoms with Crippen LogP contribution >= 0.6 is 0 Å². The molecule has 0 aliphatic carbocycles. The number of likely N-dealkylation sites (N-methyl/N-ethyl adjacent to an activating group) is 1. The molecule has 1 aromatic carbocycles. The Balaban J connectivity index is 1.75. The fourth-order valence-electron chi connectivity index (χ4n) is 3.13. The van der Waals surface area contributed by atoms with E-state index in [1.54, 1.807) is 38.1 Å². The third kappa shape index (κ3) is 3.44. The van der Waals surface area contributed by atoms with Crippen LogP contribution in [0.25, 0.3) is 0 Å². The number of carbonyl (C=O) groups is 4. The SMILES string of the molecule is CNC(=O)[C@H]1CN(C(=O)CCN2C(=O)NC(C)(C)C2=O)c2ccccc2O1. The molecule has 0 unspecified atom stereocenters. The van der Waals surface area contributed by atoms with Crippen molar-refractivity contribution in [3.05, 3.63) is 24.3 Å². The molecule has 0 saturated carbocycles. The number of hydrogen-bond acceptors (Lipinski definition) is 5. The molecule has 0 radical (unpaired) electrons. The number of rotatable bonds is 4. The van der Waals surface area contributed by atoms with E-state index in [2.05, 4.69) is 10.6 Å². The molecule has 0 bridgehead atoms. The van der Waals surface area contributed by atoms with E-state index >= 15 is 0 Å². The molecule has 5 amide bonds. The Labute approximate surface area is 156 Å². The van der Waals surface area contributed by atoms with E-state index in [1.165, 1.54) is 11.9 Å². The quantitative estimate of drug-likeness (QED) is 0.735. The zero-order chi connectivity index (χ0) is 19.8. The monoisotopic (exact) mass is 374 g/mol. The number of nitrogens with zero attached hydrogens (tertiary/aromatic N) is 2. The summed E-state index contributed by atoms with van der Waals surface area (Å²) in [6.07, 6.45) is -0.881. The maximum Gasteiger partial charge on any atom is 0.325 e. The summed E-state index contributed by atoms with van der Waals surface area (Å²) >= 11 is 0. The summed E-state index contributed by atoms with van der Waals surface area (Å²) in [5.74, 6) is -0.573. The Morgan fingerprint density at radius 3 is 2.63 bits per heavy atom. The summed E-state index contributed by atoms with van der Waals surface area (Å²) in [5, 5.41) is 5.10. The molecule has 2 N–H and O–H groups in total. The number of ether oxygens (including phenoxy) is 1.